The number of carbonyl (C=O) groups is 1. The molecule has 0 saturated carbocycles. The lowest BCUT2D eigenvalue weighted by molar-refractivity contribution is -0.137. The molecule has 2 aliphatic rings. The summed E-state index contributed by atoms with van der Waals surface area (Å²) < 4.78 is 40.2. The number of halogens is 3. The van der Waals surface area contributed by atoms with Crippen molar-refractivity contribution in [2.24, 2.45) is 0 Å². The molecule has 33 heavy (non-hydrogen) atoms. The molecule has 0 aliphatic carbocycles. The Labute approximate surface area is 197 Å². The number of likely N-dealkylation sites (tertiary alicyclic amines) is 1. The van der Waals surface area contributed by atoms with E-state index in [1.807, 2.05) is 0 Å². The van der Waals surface area contributed by atoms with Crippen LogP contribution >= 0.6 is 12.2 Å². The number of aliphatic hydroxyl groups excluding tert-OH is 1. The third kappa shape index (κ3) is 5.48. The zero-order valence-corrected chi connectivity index (χ0v) is 19.7. The molecule has 1 aromatic rings. The number of anilines is 1. The summed E-state index contributed by atoms with van der Waals surface area (Å²) >= 11 is 5.51. The van der Waals surface area contributed by atoms with Crippen LogP contribution in [-0.2, 0) is 11.0 Å². The van der Waals surface area contributed by atoms with E-state index in [2.05, 4.69) is 4.90 Å². The smallest absolute Gasteiger partial charge is 0.392 e. The third-order valence-corrected chi connectivity index (χ3v) is 6.77. The van der Waals surface area contributed by atoms with Crippen molar-refractivity contribution in [3.8, 4) is 6.07 Å². The van der Waals surface area contributed by atoms with Crippen LogP contribution in [0.2, 0.25) is 0 Å². The number of carbonyl (C=O) groups excluding carboxylic acids is 1. The van der Waals surface area contributed by atoms with Crippen LogP contribution in [0.15, 0.2) is 18.2 Å². The first kappa shape index (κ1) is 25.4. The summed E-state index contributed by atoms with van der Waals surface area (Å²) in [5.74, 6) is -0.391. The number of benzene rings is 1. The predicted octanol–water partition coefficient (Wildman–Crippen LogP) is 3.92. The van der Waals surface area contributed by atoms with E-state index in [1.165, 1.54) is 6.07 Å². The number of hydrogen-bond acceptors (Lipinski definition) is 5. The van der Waals surface area contributed by atoms with Gasteiger partial charge in [-0.2, -0.15) is 18.4 Å². The molecule has 1 atom stereocenters. The molecule has 1 N–H and O–H groups in total. The summed E-state index contributed by atoms with van der Waals surface area (Å²) in [5, 5.41) is 18.8. The average molecular weight is 483 g/mol. The molecule has 0 bridgehead atoms. The molecule has 2 heterocycles. The molecule has 0 radical (unpaired) electrons. The summed E-state index contributed by atoms with van der Waals surface area (Å²) in [6, 6.07) is 4.77. The van der Waals surface area contributed by atoms with Crippen LogP contribution in [0.1, 0.15) is 57.1 Å². The monoisotopic (exact) mass is 482 g/mol. The number of thiocarbonyl (C=S) groups is 1. The number of nitriles is 1. The number of nitrogens with zero attached hydrogens (tertiary/aromatic N) is 4. The molecule has 3 rings (SSSR count). The van der Waals surface area contributed by atoms with E-state index in [1.54, 1.807) is 24.8 Å². The summed E-state index contributed by atoms with van der Waals surface area (Å²) in [7, 11) is 0. The topological polar surface area (TPSA) is 70.8 Å². The molecule has 10 heteroatoms. The van der Waals surface area contributed by atoms with Crippen LogP contribution < -0.4 is 4.90 Å². The Kier molecular flexibility index (Phi) is 7.66. The zero-order chi connectivity index (χ0) is 24.4. The largest absolute Gasteiger partial charge is 0.417 e. The standard InChI is InChI=1S/C23H29F3N4O2S/c1-22(2)20(32)30(17-8-7-16(14-27)19(13-17)23(24,25)26)21(33)29(22)11-6-4-3-5-10-28-12-9-18(31)15-28/h7-8,13,18,31H,3-6,9-12,15H2,1-2H3. The van der Waals surface area contributed by atoms with Gasteiger partial charge in [0.15, 0.2) is 5.11 Å². The minimum Gasteiger partial charge on any atom is -0.392 e. The number of amides is 1. The molecule has 2 aliphatic heterocycles. The summed E-state index contributed by atoms with van der Waals surface area (Å²) in [6.07, 6.45) is -0.327. The van der Waals surface area contributed by atoms with Crippen molar-refractivity contribution in [1.29, 1.82) is 5.26 Å². The van der Waals surface area contributed by atoms with E-state index >= 15 is 0 Å². The molecule has 2 saturated heterocycles. The van der Waals surface area contributed by atoms with Crippen molar-refractivity contribution in [1.82, 2.24) is 9.80 Å². The Morgan fingerprint density at radius 2 is 1.88 bits per heavy atom. The molecule has 1 aromatic carbocycles. The first-order chi connectivity index (χ1) is 15.5. The van der Waals surface area contributed by atoms with Crippen LogP contribution in [0.25, 0.3) is 0 Å². The Hall–Kier alpha value is -2.22. The molecule has 2 fully saturated rings. The summed E-state index contributed by atoms with van der Waals surface area (Å²) in [4.78, 5) is 18.3. The fourth-order valence-corrected chi connectivity index (χ4v) is 4.92. The Balaban J connectivity index is 1.62. The van der Waals surface area contributed by atoms with Gasteiger partial charge in [-0.3, -0.25) is 9.69 Å². The Morgan fingerprint density at radius 3 is 2.45 bits per heavy atom. The number of β-amino-alcohol motifs (C(OH)–C–C–N with tert-alkyl or cyclic N) is 1. The maximum absolute atomic E-state index is 13.4. The first-order valence-electron chi connectivity index (χ1n) is 11.1. The highest BCUT2D eigenvalue weighted by Gasteiger charge is 2.49. The van der Waals surface area contributed by atoms with E-state index < -0.39 is 28.7 Å². The van der Waals surface area contributed by atoms with Crippen LogP contribution in [0.4, 0.5) is 18.9 Å². The van der Waals surface area contributed by atoms with E-state index in [0.717, 1.165) is 68.8 Å². The second-order valence-electron chi connectivity index (χ2n) is 9.13. The lowest BCUT2D eigenvalue weighted by Crippen LogP contribution is -2.44. The van der Waals surface area contributed by atoms with Gasteiger partial charge in [0.2, 0.25) is 0 Å². The van der Waals surface area contributed by atoms with Gasteiger partial charge < -0.3 is 14.9 Å². The van der Waals surface area contributed by atoms with Gasteiger partial charge in [0.05, 0.1) is 29.0 Å². The van der Waals surface area contributed by atoms with E-state index in [9.17, 15) is 23.1 Å². The van der Waals surface area contributed by atoms with Gasteiger partial charge in [0, 0.05) is 19.6 Å². The minimum absolute atomic E-state index is 0.0136. The van der Waals surface area contributed by atoms with Crippen molar-refractivity contribution in [3.05, 3.63) is 29.3 Å². The van der Waals surface area contributed by atoms with Crippen molar-refractivity contribution in [2.45, 2.75) is 63.8 Å². The predicted molar refractivity (Wildman–Crippen MR) is 123 cm³/mol. The molecular weight excluding hydrogens is 453 g/mol. The van der Waals surface area contributed by atoms with E-state index in [-0.39, 0.29) is 16.9 Å². The van der Waals surface area contributed by atoms with Gasteiger partial charge in [-0.1, -0.05) is 12.8 Å². The summed E-state index contributed by atoms with van der Waals surface area (Å²) in [6.45, 7) is 6.58. The van der Waals surface area contributed by atoms with E-state index in [0.29, 0.717) is 6.54 Å². The fourth-order valence-electron chi connectivity index (χ4n) is 4.42. The highest BCUT2D eigenvalue weighted by molar-refractivity contribution is 7.80. The minimum atomic E-state index is -4.71. The lowest BCUT2D eigenvalue weighted by Gasteiger charge is -2.29. The molecule has 1 amide bonds. The number of alkyl halides is 3. The van der Waals surface area contributed by atoms with Crippen LogP contribution in [0.5, 0.6) is 0 Å². The third-order valence-electron chi connectivity index (χ3n) is 6.36. The maximum Gasteiger partial charge on any atom is 0.417 e. The first-order valence-corrected chi connectivity index (χ1v) is 11.6. The Morgan fingerprint density at radius 1 is 1.21 bits per heavy atom. The van der Waals surface area contributed by atoms with Crippen LogP contribution in [-0.4, -0.2) is 63.7 Å². The van der Waals surface area contributed by atoms with E-state index in [4.69, 9.17) is 17.5 Å². The normalized spacial score (nSPS) is 21.2. The van der Waals surface area contributed by atoms with Crippen molar-refractivity contribution in [3.63, 3.8) is 0 Å². The molecular formula is C23H29F3N4O2S. The number of unbranched alkanes of at least 4 members (excludes halogenated alkanes) is 3. The molecule has 180 valence electrons. The van der Waals surface area contributed by atoms with Gasteiger partial charge >= 0.3 is 6.18 Å². The van der Waals surface area contributed by atoms with Crippen LogP contribution in [0.3, 0.4) is 0 Å². The molecule has 0 spiro atoms. The molecule has 6 nitrogen and oxygen atoms in total. The Bertz CT molecular complexity index is 945. The van der Waals surface area contributed by atoms with Crippen molar-refractivity contribution < 1.29 is 23.1 Å². The van der Waals surface area contributed by atoms with Gasteiger partial charge in [0.1, 0.15) is 5.54 Å². The lowest BCUT2D eigenvalue weighted by atomic mass is 10.0. The highest BCUT2D eigenvalue weighted by atomic mass is 32.1. The number of aliphatic hydroxyl groups is 1. The van der Waals surface area contributed by atoms with Gasteiger partial charge in [-0.05, 0) is 70.1 Å². The van der Waals surface area contributed by atoms with Gasteiger partial charge in [-0.25, -0.2) is 0 Å². The van der Waals surface area contributed by atoms with Gasteiger partial charge in [-0.15, -0.1) is 0 Å². The second-order valence-corrected chi connectivity index (χ2v) is 9.50. The van der Waals surface area contributed by atoms with Crippen molar-refractivity contribution in [2.75, 3.05) is 31.1 Å². The van der Waals surface area contributed by atoms with Crippen LogP contribution in [0, 0.1) is 11.3 Å². The average Bonchev–Trinajstić information content (AvgIpc) is 3.23. The maximum atomic E-state index is 13.4. The molecule has 0 aromatic heterocycles. The SMILES string of the molecule is CC1(C)C(=O)N(c2ccc(C#N)c(C(F)(F)F)c2)C(=S)N1CCCCCCN1CCC(O)C1. The highest BCUT2D eigenvalue weighted by Crippen LogP contribution is 2.38. The number of rotatable bonds is 8. The van der Waals surface area contributed by atoms with Crippen molar-refractivity contribution >= 4 is 28.9 Å². The molecule has 1 unspecified atom stereocenters. The zero-order valence-electron chi connectivity index (χ0n) is 18.9. The summed E-state index contributed by atoms with van der Waals surface area (Å²) in [5.41, 5.74) is -2.54. The number of hydrogen-bond donors (Lipinski definition) is 1. The van der Waals surface area contributed by atoms with Gasteiger partial charge in [0.25, 0.3) is 5.91 Å². The fraction of sp³-hybridized carbons (Fsp3) is 0.609. The quantitative estimate of drug-likeness (QED) is 0.448. The second kappa shape index (κ2) is 9.95.